The second kappa shape index (κ2) is 6.93. The second-order valence-electron chi connectivity index (χ2n) is 7.12. The van der Waals surface area contributed by atoms with Crippen LogP contribution in [0.5, 0.6) is 0 Å². The Morgan fingerprint density at radius 2 is 1.52 bits per heavy atom. The first-order chi connectivity index (χ1) is 11.9. The molecule has 4 heteroatoms. The fraction of sp³-hybridized carbons (Fsp3) is 0.238. The van der Waals surface area contributed by atoms with Crippen LogP contribution in [-0.2, 0) is 0 Å². The number of carbonyl (C=O) groups is 1. The first-order valence-corrected chi connectivity index (χ1v) is 8.41. The van der Waals surface area contributed by atoms with Gasteiger partial charge in [0.2, 0.25) is 0 Å². The van der Waals surface area contributed by atoms with Gasteiger partial charge in [-0.05, 0) is 23.8 Å². The molecule has 25 heavy (non-hydrogen) atoms. The van der Waals surface area contributed by atoms with Gasteiger partial charge < -0.3 is 10.6 Å². The third-order valence-corrected chi connectivity index (χ3v) is 4.03. The zero-order valence-electron chi connectivity index (χ0n) is 14.8. The van der Waals surface area contributed by atoms with E-state index in [0.717, 1.165) is 22.7 Å². The SMILES string of the molecule is CC(C)(C)C1=NC(c2ccccc2)C(NC(=O)Nc2ccccc2)=C1. The van der Waals surface area contributed by atoms with E-state index in [2.05, 4.69) is 31.4 Å². The molecule has 1 unspecified atom stereocenters. The van der Waals surface area contributed by atoms with E-state index in [1.54, 1.807) is 0 Å². The number of carbonyl (C=O) groups excluding carboxylic acids is 1. The van der Waals surface area contributed by atoms with Crippen molar-refractivity contribution >= 4 is 17.4 Å². The van der Waals surface area contributed by atoms with E-state index in [9.17, 15) is 4.79 Å². The molecule has 3 rings (SSSR count). The number of hydrogen-bond acceptors (Lipinski definition) is 2. The largest absolute Gasteiger partial charge is 0.323 e. The first-order valence-electron chi connectivity index (χ1n) is 8.41. The molecule has 1 aliphatic heterocycles. The molecule has 2 N–H and O–H groups in total. The smallest absolute Gasteiger partial charge is 0.309 e. The van der Waals surface area contributed by atoms with E-state index in [1.807, 2.05) is 66.7 Å². The Kier molecular flexibility index (Phi) is 4.70. The summed E-state index contributed by atoms with van der Waals surface area (Å²) in [7, 11) is 0. The van der Waals surface area contributed by atoms with Gasteiger partial charge in [-0.2, -0.15) is 0 Å². The molecule has 2 aromatic rings. The van der Waals surface area contributed by atoms with Crippen molar-refractivity contribution in [2.75, 3.05) is 5.32 Å². The number of anilines is 1. The second-order valence-corrected chi connectivity index (χ2v) is 7.12. The predicted molar refractivity (Wildman–Crippen MR) is 103 cm³/mol. The highest BCUT2D eigenvalue weighted by molar-refractivity contribution is 6.02. The zero-order valence-corrected chi connectivity index (χ0v) is 14.8. The van der Waals surface area contributed by atoms with Crippen LogP contribution in [0.4, 0.5) is 10.5 Å². The monoisotopic (exact) mass is 333 g/mol. The van der Waals surface area contributed by atoms with Crippen molar-refractivity contribution in [3.8, 4) is 0 Å². The van der Waals surface area contributed by atoms with Gasteiger partial charge in [0.1, 0.15) is 6.04 Å². The molecule has 0 saturated heterocycles. The minimum absolute atomic E-state index is 0.0770. The van der Waals surface area contributed by atoms with Crippen molar-refractivity contribution in [1.29, 1.82) is 0 Å². The summed E-state index contributed by atoms with van der Waals surface area (Å²) in [5.74, 6) is 0. The summed E-state index contributed by atoms with van der Waals surface area (Å²) in [6.07, 6.45) is 1.99. The fourth-order valence-corrected chi connectivity index (χ4v) is 2.69. The lowest BCUT2D eigenvalue weighted by Gasteiger charge is -2.17. The molecule has 0 spiro atoms. The number of allylic oxidation sites excluding steroid dienone is 1. The Labute approximate surface area is 148 Å². The normalized spacial score (nSPS) is 16.8. The van der Waals surface area contributed by atoms with Crippen molar-refractivity contribution in [2.24, 2.45) is 10.4 Å². The minimum Gasteiger partial charge on any atom is -0.309 e. The molecule has 128 valence electrons. The molecule has 0 fully saturated rings. The van der Waals surface area contributed by atoms with E-state index in [-0.39, 0.29) is 17.5 Å². The Bertz CT molecular complexity index is 802. The van der Waals surface area contributed by atoms with Crippen LogP contribution in [-0.4, -0.2) is 11.7 Å². The van der Waals surface area contributed by atoms with Crippen molar-refractivity contribution < 1.29 is 4.79 Å². The van der Waals surface area contributed by atoms with Crippen LogP contribution in [0.15, 0.2) is 77.4 Å². The molecule has 0 aliphatic carbocycles. The number of nitrogens with zero attached hydrogens (tertiary/aromatic N) is 1. The fourth-order valence-electron chi connectivity index (χ4n) is 2.69. The summed E-state index contributed by atoms with van der Waals surface area (Å²) < 4.78 is 0. The van der Waals surface area contributed by atoms with Gasteiger partial charge in [-0.15, -0.1) is 0 Å². The maximum atomic E-state index is 12.4. The lowest BCUT2D eigenvalue weighted by atomic mass is 9.90. The first kappa shape index (κ1) is 17.0. The van der Waals surface area contributed by atoms with E-state index in [4.69, 9.17) is 4.99 Å². The molecule has 2 amide bonds. The van der Waals surface area contributed by atoms with Gasteiger partial charge in [0.05, 0.1) is 5.70 Å². The number of nitrogens with one attached hydrogen (secondary N) is 2. The van der Waals surface area contributed by atoms with Crippen molar-refractivity contribution in [3.05, 3.63) is 78.0 Å². The van der Waals surface area contributed by atoms with E-state index in [0.29, 0.717) is 0 Å². The van der Waals surface area contributed by atoms with Crippen LogP contribution in [0.1, 0.15) is 32.4 Å². The maximum Gasteiger partial charge on any atom is 0.323 e. The number of rotatable bonds is 3. The average molecular weight is 333 g/mol. The number of hydrogen-bond donors (Lipinski definition) is 2. The van der Waals surface area contributed by atoms with Gasteiger partial charge >= 0.3 is 6.03 Å². The molecule has 4 nitrogen and oxygen atoms in total. The molecule has 1 heterocycles. The molecular weight excluding hydrogens is 310 g/mol. The Hall–Kier alpha value is -2.88. The number of aliphatic imine (C=N–C) groups is 1. The van der Waals surface area contributed by atoms with Crippen molar-refractivity contribution in [1.82, 2.24) is 5.32 Å². The van der Waals surface area contributed by atoms with Gasteiger partial charge in [0, 0.05) is 16.8 Å². The zero-order chi connectivity index (χ0) is 17.9. The molecule has 0 saturated carbocycles. The van der Waals surface area contributed by atoms with Crippen LogP contribution >= 0.6 is 0 Å². The maximum absolute atomic E-state index is 12.4. The quantitative estimate of drug-likeness (QED) is 0.822. The standard InChI is InChI=1S/C21H23N3O/c1-21(2,3)18-14-17(19(24-18)15-10-6-4-7-11-15)23-20(25)22-16-12-8-5-9-13-16/h4-14,19H,1-3H3,(H2,22,23,25). The molecule has 1 aliphatic rings. The van der Waals surface area contributed by atoms with Gasteiger partial charge in [0.25, 0.3) is 0 Å². The summed E-state index contributed by atoms with van der Waals surface area (Å²) in [5.41, 5.74) is 3.52. The van der Waals surface area contributed by atoms with Crippen LogP contribution < -0.4 is 10.6 Å². The Balaban J connectivity index is 1.81. The van der Waals surface area contributed by atoms with Gasteiger partial charge in [-0.25, -0.2) is 4.79 Å². The molecule has 1 atom stereocenters. The van der Waals surface area contributed by atoms with Gasteiger partial charge in [0.15, 0.2) is 0 Å². The minimum atomic E-state index is -0.260. The van der Waals surface area contributed by atoms with Crippen molar-refractivity contribution in [3.63, 3.8) is 0 Å². The van der Waals surface area contributed by atoms with E-state index < -0.39 is 0 Å². The molecule has 0 bridgehead atoms. The highest BCUT2D eigenvalue weighted by Gasteiger charge is 2.29. The number of urea groups is 1. The Morgan fingerprint density at radius 1 is 0.920 bits per heavy atom. The Morgan fingerprint density at radius 3 is 2.12 bits per heavy atom. The highest BCUT2D eigenvalue weighted by atomic mass is 16.2. The third-order valence-electron chi connectivity index (χ3n) is 4.03. The molecule has 2 aromatic carbocycles. The van der Waals surface area contributed by atoms with Gasteiger partial charge in [-0.3, -0.25) is 4.99 Å². The van der Waals surface area contributed by atoms with Crippen LogP contribution in [0.2, 0.25) is 0 Å². The lowest BCUT2D eigenvalue weighted by molar-refractivity contribution is 0.254. The summed E-state index contributed by atoms with van der Waals surface area (Å²) in [4.78, 5) is 17.2. The lowest BCUT2D eigenvalue weighted by Crippen LogP contribution is -2.29. The van der Waals surface area contributed by atoms with Crippen molar-refractivity contribution in [2.45, 2.75) is 26.8 Å². The average Bonchev–Trinajstić information content (AvgIpc) is 3.00. The van der Waals surface area contributed by atoms with Gasteiger partial charge in [-0.1, -0.05) is 69.3 Å². The van der Waals surface area contributed by atoms with Crippen LogP contribution in [0.3, 0.4) is 0 Å². The summed E-state index contributed by atoms with van der Waals surface area (Å²) in [6.45, 7) is 6.37. The number of benzene rings is 2. The summed E-state index contributed by atoms with van der Waals surface area (Å²) in [6, 6.07) is 19.0. The summed E-state index contributed by atoms with van der Waals surface area (Å²) >= 11 is 0. The number of amides is 2. The number of para-hydroxylation sites is 1. The third kappa shape index (κ3) is 4.15. The highest BCUT2D eigenvalue weighted by Crippen LogP contribution is 2.33. The summed E-state index contributed by atoms with van der Waals surface area (Å²) in [5, 5.41) is 5.83. The molecular formula is C21H23N3O. The van der Waals surface area contributed by atoms with Crippen LogP contribution in [0.25, 0.3) is 0 Å². The van der Waals surface area contributed by atoms with Crippen LogP contribution in [0, 0.1) is 5.41 Å². The van der Waals surface area contributed by atoms with E-state index in [1.165, 1.54) is 0 Å². The predicted octanol–water partition coefficient (Wildman–Crippen LogP) is 4.93. The molecule has 0 radical (unpaired) electrons. The molecule has 0 aromatic heterocycles. The van der Waals surface area contributed by atoms with E-state index >= 15 is 0 Å². The topological polar surface area (TPSA) is 53.5 Å².